The average Bonchev–Trinajstić information content (AvgIpc) is 3.08. The fraction of sp³-hybridized carbons (Fsp3) is 0.190. The Balaban J connectivity index is 1.63. The molecule has 0 radical (unpaired) electrons. The lowest BCUT2D eigenvalue weighted by Crippen LogP contribution is -2.31. The first-order valence-corrected chi connectivity index (χ1v) is 9.07. The molecule has 0 aliphatic heterocycles. The molecule has 0 unspecified atom stereocenters. The minimum Gasteiger partial charge on any atom is -0.452 e. The van der Waals surface area contributed by atoms with E-state index in [1.807, 2.05) is 43.3 Å². The summed E-state index contributed by atoms with van der Waals surface area (Å²) in [6.45, 7) is 3.03. The van der Waals surface area contributed by atoms with Crippen LogP contribution in [0.15, 0.2) is 59.1 Å². The Labute approximate surface area is 167 Å². The van der Waals surface area contributed by atoms with E-state index in [1.165, 1.54) is 0 Å². The summed E-state index contributed by atoms with van der Waals surface area (Å²) in [5.41, 5.74) is 2.18. The molecule has 0 bridgehead atoms. The summed E-state index contributed by atoms with van der Waals surface area (Å²) in [6, 6.07) is 16.1. The molecule has 1 heterocycles. The number of benzene rings is 2. The number of nitrogens with one attached hydrogen (secondary N) is 1. The molecular formula is C21H19ClN2O4. The second-order valence-electron chi connectivity index (χ2n) is 6.25. The van der Waals surface area contributed by atoms with Crippen molar-refractivity contribution in [3.8, 4) is 11.3 Å². The molecule has 1 amide bonds. The van der Waals surface area contributed by atoms with Crippen LogP contribution >= 0.6 is 11.6 Å². The van der Waals surface area contributed by atoms with Crippen LogP contribution < -0.4 is 5.32 Å². The van der Waals surface area contributed by atoms with Crippen molar-refractivity contribution in [3.63, 3.8) is 0 Å². The zero-order valence-corrected chi connectivity index (χ0v) is 16.2. The second-order valence-corrected chi connectivity index (χ2v) is 6.69. The lowest BCUT2D eigenvalue weighted by Gasteiger charge is -2.14. The number of amides is 1. The lowest BCUT2D eigenvalue weighted by atomic mass is 10.1. The number of hydrogen-bond acceptors (Lipinski definition) is 5. The predicted octanol–water partition coefficient (Wildman–Crippen LogP) is 4.34. The van der Waals surface area contributed by atoms with E-state index >= 15 is 0 Å². The number of halogens is 1. The summed E-state index contributed by atoms with van der Waals surface area (Å²) in [4.78, 5) is 24.7. The first-order chi connectivity index (χ1) is 13.5. The van der Waals surface area contributed by atoms with Crippen molar-refractivity contribution in [1.29, 1.82) is 0 Å². The normalized spacial score (nSPS) is 11.7. The molecule has 0 fully saturated rings. The minimum absolute atomic E-state index is 0.210. The molecule has 144 valence electrons. The van der Waals surface area contributed by atoms with Gasteiger partial charge in [-0.05, 0) is 31.5 Å². The zero-order chi connectivity index (χ0) is 20.1. The number of aromatic nitrogens is 1. The topological polar surface area (TPSA) is 81.4 Å². The van der Waals surface area contributed by atoms with Gasteiger partial charge in [0.2, 0.25) is 0 Å². The van der Waals surface area contributed by atoms with Crippen molar-refractivity contribution < 1.29 is 18.8 Å². The van der Waals surface area contributed by atoms with Gasteiger partial charge in [-0.1, -0.05) is 59.2 Å². The highest BCUT2D eigenvalue weighted by molar-refractivity contribution is 6.30. The molecule has 2 aromatic carbocycles. The highest BCUT2D eigenvalue weighted by atomic mass is 35.5. The number of nitrogens with zero attached hydrogens (tertiary/aromatic N) is 1. The molecule has 3 aromatic rings. The summed E-state index contributed by atoms with van der Waals surface area (Å²) in [5, 5.41) is 7.30. The Morgan fingerprint density at radius 1 is 1.18 bits per heavy atom. The third kappa shape index (κ3) is 4.58. The van der Waals surface area contributed by atoms with E-state index in [2.05, 4.69) is 10.5 Å². The summed E-state index contributed by atoms with van der Waals surface area (Å²) >= 11 is 5.97. The van der Waals surface area contributed by atoms with Gasteiger partial charge in [0, 0.05) is 10.6 Å². The molecule has 0 saturated carbocycles. The smallest absolute Gasteiger partial charge is 0.344 e. The van der Waals surface area contributed by atoms with E-state index in [0.717, 1.165) is 11.1 Å². The molecule has 1 aromatic heterocycles. The van der Waals surface area contributed by atoms with Crippen LogP contribution in [0.25, 0.3) is 11.3 Å². The summed E-state index contributed by atoms with van der Waals surface area (Å²) in [7, 11) is 0. The van der Waals surface area contributed by atoms with Gasteiger partial charge in [0.05, 0.1) is 6.04 Å². The molecule has 0 saturated heterocycles. The zero-order valence-electron chi connectivity index (χ0n) is 15.4. The molecule has 7 heteroatoms. The molecule has 0 aliphatic carbocycles. The molecule has 1 atom stereocenters. The third-order valence-electron chi connectivity index (χ3n) is 4.17. The predicted molar refractivity (Wildman–Crippen MR) is 105 cm³/mol. The van der Waals surface area contributed by atoms with Gasteiger partial charge in [-0.2, -0.15) is 0 Å². The van der Waals surface area contributed by atoms with E-state index in [0.29, 0.717) is 16.5 Å². The number of ether oxygens (including phenoxy) is 1. The quantitative estimate of drug-likeness (QED) is 0.625. The molecule has 28 heavy (non-hydrogen) atoms. The van der Waals surface area contributed by atoms with Gasteiger partial charge in [0.1, 0.15) is 17.0 Å². The number of aryl methyl sites for hydroxylation is 1. The van der Waals surface area contributed by atoms with Crippen molar-refractivity contribution in [2.45, 2.75) is 19.9 Å². The van der Waals surface area contributed by atoms with E-state index in [9.17, 15) is 9.59 Å². The van der Waals surface area contributed by atoms with Crippen LogP contribution in [-0.2, 0) is 9.53 Å². The third-order valence-corrected chi connectivity index (χ3v) is 4.41. The fourth-order valence-corrected chi connectivity index (χ4v) is 2.95. The van der Waals surface area contributed by atoms with Crippen LogP contribution in [0.1, 0.15) is 34.6 Å². The van der Waals surface area contributed by atoms with Gasteiger partial charge in [-0.25, -0.2) is 4.79 Å². The van der Waals surface area contributed by atoms with Gasteiger partial charge in [-0.3, -0.25) is 4.79 Å². The van der Waals surface area contributed by atoms with Gasteiger partial charge in [0.25, 0.3) is 5.91 Å². The Morgan fingerprint density at radius 3 is 2.64 bits per heavy atom. The van der Waals surface area contributed by atoms with Crippen molar-refractivity contribution >= 4 is 23.5 Å². The maximum absolute atomic E-state index is 12.5. The highest BCUT2D eigenvalue weighted by Gasteiger charge is 2.23. The largest absolute Gasteiger partial charge is 0.452 e. The van der Waals surface area contributed by atoms with E-state index in [1.54, 1.807) is 25.1 Å². The van der Waals surface area contributed by atoms with Gasteiger partial charge in [-0.15, -0.1) is 0 Å². The van der Waals surface area contributed by atoms with Crippen LogP contribution in [0, 0.1) is 6.92 Å². The Hall–Kier alpha value is -3.12. The number of carbonyl (C=O) groups is 2. The molecule has 3 rings (SSSR count). The maximum Gasteiger partial charge on any atom is 0.344 e. The lowest BCUT2D eigenvalue weighted by molar-refractivity contribution is -0.124. The maximum atomic E-state index is 12.5. The van der Waals surface area contributed by atoms with Gasteiger partial charge >= 0.3 is 5.97 Å². The summed E-state index contributed by atoms with van der Waals surface area (Å²) < 4.78 is 10.3. The van der Waals surface area contributed by atoms with E-state index < -0.39 is 18.5 Å². The summed E-state index contributed by atoms with van der Waals surface area (Å²) in [5.74, 6) is -0.754. The highest BCUT2D eigenvalue weighted by Crippen LogP contribution is 2.25. The average molecular weight is 399 g/mol. The van der Waals surface area contributed by atoms with Crippen molar-refractivity contribution in [3.05, 3.63) is 76.5 Å². The van der Waals surface area contributed by atoms with Gasteiger partial charge in [0.15, 0.2) is 6.61 Å². The number of esters is 1. The Bertz CT molecular complexity index is 985. The first-order valence-electron chi connectivity index (χ1n) is 8.69. The number of hydrogen-bond donors (Lipinski definition) is 1. The molecule has 0 spiro atoms. The van der Waals surface area contributed by atoms with Crippen molar-refractivity contribution in [1.82, 2.24) is 10.5 Å². The van der Waals surface area contributed by atoms with Crippen molar-refractivity contribution in [2.24, 2.45) is 0 Å². The fourth-order valence-electron chi connectivity index (χ4n) is 2.75. The number of rotatable bonds is 6. The molecule has 0 aliphatic rings. The molecule has 1 N–H and O–H groups in total. The van der Waals surface area contributed by atoms with E-state index in [4.69, 9.17) is 20.9 Å². The van der Waals surface area contributed by atoms with E-state index in [-0.39, 0.29) is 11.6 Å². The number of carbonyl (C=O) groups excluding carboxylic acids is 2. The standard InChI is InChI=1S/C21H19ClN2O4/c1-13(16-9-6-10-17(22)11-16)23-18(25)12-27-21(26)19-14(2)28-24-20(19)15-7-4-3-5-8-15/h3-11,13H,12H2,1-2H3,(H,23,25)/t13-/m0/s1. The first kappa shape index (κ1) is 19.6. The van der Waals surface area contributed by atoms with Crippen LogP contribution in [0.2, 0.25) is 5.02 Å². The SMILES string of the molecule is Cc1onc(-c2ccccc2)c1C(=O)OCC(=O)N[C@@H](C)c1cccc(Cl)c1. The van der Waals surface area contributed by atoms with Crippen molar-refractivity contribution in [2.75, 3.05) is 6.61 Å². The minimum atomic E-state index is -0.664. The molecular weight excluding hydrogens is 380 g/mol. The molecule has 6 nitrogen and oxygen atoms in total. The Morgan fingerprint density at radius 2 is 1.93 bits per heavy atom. The Kier molecular flexibility index (Phi) is 6.11. The second kappa shape index (κ2) is 8.71. The van der Waals surface area contributed by atoms with Crippen LogP contribution in [-0.4, -0.2) is 23.6 Å². The monoisotopic (exact) mass is 398 g/mol. The summed E-state index contributed by atoms with van der Waals surface area (Å²) in [6.07, 6.45) is 0. The van der Waals surface area contributed by atoms with Crippen LogP contribution in [0.5, 0.6) is 0 Å². The van der Waals surface area contributed by atoms with Gasteiger partial charge < -0.3 is 14.6 Å². The van der Waals surface area contributed by atoms with Crippen LogP contribution in [0.4, 0.5) is 0 Å². The van der Waals surface area contributed by atoms with Crippen LogP contribution in [0.3, 0.4) is 0 Å².